The number of piperidine rings is 3. The van der Waals surface area contributed by atoms with Crippen molar-refractivity contribution < 1.29 is 4.79 Å². The second-order valence-corrected chi connectivity index (χ2v) is 8.39. The van der Waals surface area contributed by atoms with Crippen molar-refractivity contribution in [1.29, 1.82) is 0 Å². The molecule has 4 aliphatic rings. The van der Waals surface area contributed by atoms with Crippen LogP contribution in [0.1, 0.15) is 64.2 Å². The highest BCUT2D eigenvalue weighted by Gasteiger charge is 2.35. The first-order chi connectivity index (χ1) is 11.3. The summed E-state index contributed by atoms with van der Waals surface area (Å²) in [5.74, 6) is 1.08. The van der Waals surface area contributed by atoms with Crippen LogP contribution in [0.15, 0.2) is 0 Å². The maximum absolute atomic E-state index is 12.7. The predicted molar refractivity (Wildman–Crippen MR) is 92.3 cm³/mol. The van der Waals surface area contributed by atoms with Gasteiger partial charge in [0.05, 0.1) is 0 Å². The lowest BCUT2D eigenvalue weighted by Crippen LogP contribution is -2.48. The Morgan fingerprint density at radius 3 is 2.17 bits per heavy atom. The average molecular weight is 319 g/mol. The van der Waals surface area contributed by atoms with Crippen LogP contribution in [-0.2, 0) is 4.79 Å². The van der Waals surface area contributed by atoms with Crippen molar-refractivity contribution in [3.63, 3.8) is 0 Å². The molecule has 4 rings (SSSR count). The lowest BCUT2D eigenvalue weighted by atomic mass is 9.89. The summed E-state index contributed by atoms with van der Waals surface area (Å²) in [4.78, 5) is 17.5. The fourth-order valence-corrected chi connectivity index (χ4v) is 5.48. The van der Waals surface area contributed by atoms with E-state index >= 15 is 0 Å². The molecule has 4 heteroatoms. The van der Waals surface area contributed by atoms with Gasteiger partial charge in [0, 0.05) is 37.6 Å². The molecule has 4 saturated heterocycles. The molecule has 2 unspecified atom stereocenters. The third kappa shape index (κ3) is 3.74. The van der Waals surface area contributed by atoms with Crippen molar-refractivity contribution in [2.24, 2.45) is 5.92 Å². The van der Waals surface area contributed by atoms with Gasteiger partial charge in [-0.25, -0.2) is 0 Å². The van der Waals surface area contributed by atoms with Gasteiger partial charge >= 0.3 is 0 Å². The van der Waals surface area contributed by atoms with E-state index < -0.39 is 0 Å². The third-order valence-corrected chi connectivity index (χ3v) is 6.76. The number of hydrogen-bond acceptors (Lipinski definition) is 3. The average Bonchev–Trinajstić information content (AvgIpc) is 2.94. The SMILES string of the molecule is O=C(CC1CC2CCC(C1)N2)N1CCC(N2CCCCC2)CC1. The van der Waals surface area contributed by atoms with Crippen LogP contribution in [0.2, 0.25) is 0 Å². The van der Waals surface area contributed by atoms with Gasteiger partial charge in [0.15, 0.2) is 0 Å². The Labute approximate surface area is 141 Å². The summed E-state index contributed by atoms with van der Waals surface area (Å²) in [5.41, 5.74) is 0. The molecule has 0 spiro atoms. The van der Waals surface area contributed by atoms with E-state index in [1.165, 1.54) is 70.9 Å². The molecule has 2 bridgehead atoms. The van der Waals surface area contributed by atoms with Gasteiger partial charge in [-0.3, -0.25) is 4.79 Å². The highest BCUT2D eigenvalue weighted by atomic mass is 16.2. The number of carbonyl (C=O) groups excluding carboxylic acids is 1. The fourth-order valence-electron chi connectivity index (χ4n) is 5.48. The highest BCUT2D eigenvalue weighted by Crippen LogP contribution is 2.33. The van der Waals surface area contributed by atoms with Crippen LogP contribution in [0.25, 0.3) is 0 Å². The van der Waals surface area contributed by atoms with Crippen LogP contribution in [0.5, 0.6) is 0 Å². The van der Waals surface area contributed by atoms with Gasteiger partial charge < -0.3 is 15.1 Å². The zero-order valence-corrected chi connectivity index (χ0v) is 14.5. The molecule has 1 amide bonds. The van der Waals surface area contributed by atoms with Crippen molar-refractivity contribution in [1.82, 2.24) is 15.1 Å². The van der Waals surface area contributed by atoms with Gasteiger partial charge in [0.1, 0.15) is 0 Å². The first kappa shape index (κ1) is 15.9. The Balaban J connectivity index is 1.23. The Kier molecular flexibility index (Phi) is 4.91. The summed E-state index contributed by atoms with van der Waals surface area (Å²) < 4.78 is 0. The smallest absolute Gasteiger partial charge is 0.222 e. The molecule has 0 aromatic carbocycles. The number of carbonyl (C=O) groups is 1. The van der Waals surface area contributed by atoms with Crippen molar-refractivity contribution >= 4 is 5.91 Å². The highest BCUT2D eigenvalue weighted by molar-refractivity contribution is 5.76. The maximum atomic E-state index is 12.7. The molecule has 130 valence electrons. The Bertz CT molecular complexity index is 401. The number of amides is 1. The number of fused-ring (bicyclic) bond motifs is 2. The summed E-state index contributed by atoms with van der Waals surface area (Å²) in [6, 6.07) is 2.15. The van der Waals surface area contributed by atoms with E-state index in [2.05, 4.69) is 15.1 Å². The number of likely N-dealkylation sites (tertiary alicyclic amines) is 2. The van der Waals surface area contributed by atoms with Crippen molar-refractivity contribution in [3.8, 4) is 0 Å². The van der Waals surface area contributed by atoms with E-state index in [4.69, 9.17) is 0 Å². The molecule has 0 radical (unpaired) electrons. The van der Waals surface area contributed by atoms with Gasteiger partial charge in [0.25, 0.3) is 0 Å². The number of rotatable bonds is 3. The topological polar surface area (TPSA) is 35.6 Å². The van der Waals surface area contributed by atoms with Crippen LogP contribution in [0.4, 0.5) is 0 Å². The monoisotopic (exact) mass is 319 g/mol. The third-order valence-electron chi connectivity index (χ3n) is 6.76. The molecule has 4 heterocycles. The molecule has 1 N–H and O–H groups in total. The van der Waals surface area contributed by atoms with Crippen LogP contribution in [0, 0.1) is 5.92 Å². The molecule has 4 fully saturated rings. The Hall–Kier alpha value is -0.610. The molecular weight excluding hydrogens is 286 g/mol. The zero-order chi connectivity index (χ0) is 15.6. The predicted octanol–water partition coefficient (Wildman–Crippen LogP) is 2.38. The molecule has 0 saturated carbocycles. The molecule has 0 aliphatic carbocycles. The van der Waals surface area contributed by atoms with E-state index in [1.54, 1.807) is 0 Å². The van der Waals surface area contributed by atoms with Crippen molar-refractivity contribution in [2.75, 3.05) is 26.2 Å². The molecule has 4 nitrogen and oxygen atoms in total. The number of hydrogen-bond donors (Lipinski definition) is 1. The minimum absolute atomic E-state index is 0.438. The van der Waals surface area contributed by atoms with Gasteiger partial charge in [-0.2, -0.15) is 0 Å². The van der Waals surface area contributed by atoms with Crippen LogP contribution in [0.3, 0.4) is 0 Å². The standard InChI is InChI=1S/C19H33N3O/c23-19(14-15-12-16-4-5-17(13-15)20-16)22-10-6-18(7-11-22)21-8-2-1-3-9-21/h15-18,20H,1-14H2. The minimum Gasteiger partial charge on any atom is -0.343 e. The fraction of sp³-hybridized carbons (Fsp3) is 0.947. The minimum atomic E-state index is 0.438. The van der Waals surface area contributed by atoms with Gasteiger partial charge in [0.2, 0.25) is 5.91 Å². The summed E-state index contributed by atoms with van der Waals surface area (Å²) >= 11 is 0. The quantitative estimate of drug-likeness (QED) is 0.867. The van der Waals surface area contributed by atoms with E-state index in [0.717, 1.165) is 25.6 Å². The summed E-state index contributed by atoms with van der Waals surface area (Å²) in [7, 11) is 0. The second kappa shape index (κ2) is 7.10. The zero-order valence-electron chi connectivity index (χ0n) is 14.5. The molecule has 0 aromatic rings. The van der Waals surface area contributed by atoms with E-state index in [0.29, 0.717) is 23.9 Å². The Morgan fingerprint density at radius 2 is 1.52 bits per heavy atom. The largest absolute Gasteiger partial charge is 0.343 e. The molecule has 4 aliphatic heterocycles. The van der Waals surface area contributed by atoms with E-state index in [9.17, 15) is 4.79 Å². The Morgan fingerprint density at radius 1 is 0.870 bits per heavy atom. The van der Waals surface area contributed by atoms with Crippen LogP contribution in [-0.4, -0.2) is 60.0 Å². The van der Waals surface area contributed by atoms with Crippen molar-refractivity contribution in [2.45, 2.75) is 82.3 Å². The second-order valence-electron chi connectivity index (χ2n) is 8.39. The van der Waals surface area contributed by atoms with Crippen molar-refractivity contribution in [3.05, 3.63) is 0 Å². The molecule has 23 heavy (non-hydrogen) atoms. The lowest BCUT2D eigenvalue weighted by molar-refractivity contribution is -0.134. The maximum Gasteiger partial charge on any atom is 0.222 e. The normalized spacial score (nSPS) is 36.3. The summed E-state index contributed by atoms with van der Waals surface area (Å²) in [5, 5.41) is 3.68. The molecular formula is C19H33N3O. The van der Waals surface area contributed by atoms with E-state index in [1.807, 2.05) is 0 Å². The lowest BCUT2D eigenvalue weighted by Gasteiger charge is -2.40. The van der Waals surface area contributed by atoms with E-state index in [-0.39, 0.29) is 0 Å². The van der Waals surface area contributed by atoms with Crippen LogP contribution >= 0.6 is 0 Å². The van der Waals surface area contributed by atoms with Gasteiger partial charge in [-0.05, 0) is 70.4 Å². The number of nitrogens with one attached hydrogen (secondary N) is 1. The molecule has 2 atom stereocenters. The van der Waals surface area contributed by atoms with Gasteiger partial charge in [-0.15, -0.1) is 0 Å². The summed E-state index contributed by atoms with van der Waals surface area (Å²) in [6.45, 7) is 4.57. The first-order valence-corrected chi connectivity index (χ1v) is 10.1. The van der Waals surface area contributed by atoms with Crippen LogP contribution < -0.4 is 5.32 Å². The first-order valence-electron chi connectivity index (χ1n) is 10.1. The number of nitrogens with zero attached hydrogens (tertiary/aromatic N) is 2. The molecule has 0 aromatic heterocycles. The summed E-state index contributed by atoms with van der Waals surface area (Å²) in [6.07, 6.45) is 12.5. The van der Waals surface area contributed by atoms with Gasteiger partial charge in [-0.1, -0.05) is 6.42 Å².